The van der Waals surface area contributed by atoms with E-state index in [-0.39, 0.29) is 0 Å². The Bertz CT molecular complexity index is 793. The van der Waals surface area contributed by atoms with Gasteiger partial charge in [-0.1, -0.05) is 6.07 Å². The number of aromatic nitrogens is 2. The SMILES string of the molecule is Cc1ccc(C(N)=O)c(Oc2cnc3[nH]ccc3c2)c1. The molecule has 0 unspecified atom stereocenters. The normalized spacial score (nSPS) is 10.7. The summed E-state index contributed by atoms with van der Waals surface area (Å²) in [5.74, 6) is 0.482. The number of primary amides is 1. The van der Waals surface area contributed by atoms with E-state index >= 15 is 0 Å². The molecule has 5 heteroatoms. The molecule has 0 radical (unpaired) electrons. The Hall–Kier alpha value is -2.82. The second kappa shape index (κ2) is 4.70. The fraction of sp³-hybridized carbons (Fsp3) is 0.0667. The second-order valence-corrected chi connectivity index (χ2v) is 4.55. The summed E-state index contributed by atoms with van der Waals surface area (Å²) in [6, 6.07) is 9.02. The van der Waals surface area contributed by atoms with Crippen molar-refractivity contribution < 1.29 is 9.53 Å². The fourth-order valence-corrected chi connectivity index (χ4v) is 2.02. The van der Waals surface area contributed by atoms with Crippen LogP contribution in [0, 0.1) is 6.92 Å². The molecule has 0 saturated carbocycles. The Morgan fingerprint density at radius 1 is 1.30 bits per heavy atom. The fourth-order valence-electron chi connectivity index (χ4n) is 2.02. The van der Waals surface area contributed by atoms with E-state index in [2.05, 4.69) is 9.97 Å². The number of hydrogen-bond donors (Lipinski definition) is 2. The third-order valence-electron chi connectivity index (χ3n) is 3.01. The number of aromatic amines is 1. The van der Waals surface area contributed by atoms with Gasteiger partial charge >= 0.3 is 0 Å². The third kappa shape index (κ3) is 2.21. The molecular weight excluding hydrogens is 254 g/mol. The van der Waals surface area contributed by atoms with Crippen molar-refractivity contribution >= 4 is 16.9 Å². The summed E-state index contributed by atoms with van der Waals surface area (Å²) in [4.78, 5) is 18.7. The van der Waals surface area contributed by atoms with Gasteiger partial charge < -0.3 is 15.5 Å². The molecule has 5 nitrogen and oxygen atoms in total. The van der Waals surface area contributed by atoms with E-state index < -0.39 is 5.91 Å². The minimum Gasteiger partial charge on any atom is -0.455 e. The molecule has 1 aromatic carbocycles. The Balaban J connectivity index is 2.01. The molecule has 2 heterocycles. The van der Waals surface area contributed by atoms with Gasteiger partial charge in [-0.3, -0.25) is 4.79 Å². The number of nitrogens with one attached hydrogen (secondary N) is 1. The molecular formula is C15H13N3O2. The van der Waals surface area contributed by atoms with Gasteiger partial charge in [0.1, 0.15) is 17.1 Å². The average molecular weight is 267 g/mol. The molecule has 0 aliphatic carbocycles. The zero-order valence-corrected chi connectivity index (χ0v) is 10.9. The Kier molecular flexibility index (Phi) is 2.87. The first-order valence-corrected chi connectivity index (χ1v) is 6.15. The molecule has 0 bridgehead atoms. The van der Waals surface area contributed by atoms with Crippen LogP contribution < -0.4 is 10.5 Å². The quantitative estimate of drug-likeness (QED) is 0.765. The number of benzene rings is 1. The maximum Gasteiger partial charge on any atom is 0.252 e. The summed E-state index contributed by atoms with van der Waals surface area (Å²) in [6.07, 6.45) is 3.41. The zero-order valence-electron chi connectivity index (χ0n) is 10.9. The summed E-state index contributed by atoms with van der Waals surface area (Å²) in [6.45, 7) is 1.92. The molecule has 3 aromatic rings. The standard InChI is InChI=1S/C15H13N3O2/c1-9-2-3-12(14(16)19)13(6-9)20-11-7-10-4-5-17-15(10)18-8-11/h2-8H,1H3,(H2,16,19)(H,17,18). The van der Waals surface area contributed by atoms with Crippen LogP contribution in [0.5, 0.6) is 11.5 Å². The highest BCUT2D eigenvalue weighted by Crippen LogP contribution is 2.27. The number of hydrogen-bond acceptors (Lipinski definition) is 3. The van der Waals surface area contributed by atoms with Crippen molar-refractivity contribution in [3.63, 3.8) is 0 Å². The van der Waals surface area contributed by atoms with Crippen molar-refractivity contribution in [2.24, 2.45) is 5.73 Å². The van der Waals surface area contributed by atoms with Gasteiger partial charge in [0.15, 0.2) is 0 Å². The molecule has 20 heavy (non-hydrogen) atoms. The van der Waals surface area contributed by atoms with Crippen LogP contribution in [0.1, 0.15) is 15.9 Å². The van der Waals surface area contributed by atoms with Crippen LogP contribution in [0.4, 0.5) is 0 Å². The van der Waals surface area contributed by atoms with Crippen molar-refractivity contribution in [3.8, 4) is 11.5 Å². The lowest BCUT2D eigenvalue weighted by atomic mass is 10.1. The first-order valence-electron chi connectivity index (χ1n) is 6.15. The number of nitrogens with zero attached hydrogens (tertiary/aromatic N) is 1. The van der Waals surface area contributed by atoms with Crippen LogP contribution in [-0.4, -0.2) is 15.9 Å². The van der Waals surface area contributed by atoms with Gasteiger partial charge in [0, 0.05) is 11.6 Å². The third-order valence-corrected chi connectivity index (χ3v) is 3.01. The van der Waals surface area contributed by atoms with E-state index in [1.807, 2.05) is 31.3 Å². The number of carbonyl (C=O) groups is 1. The zero-order chi connectivity index (χ0) is 14.1. The number of aryl methyl sites for hydroxylation is 1. The van der Waals surface area contributed by atoms with Crippen molar-refractivity contribution in [1.29, 1.82) is 0 Å². The summed E-state index contributed by atoms with van der Waals surface area (Å²) in [5, 5.41) is 0.941. The predicted molar refractivity (Wildman–Crippen MR) is 75.9 cm³/mol. The molecule has 3 rings (SSSR count). The van der Waals surface area contributed by atoms with Crippen LogP contribution in [0.25, 0.3) is 11.0 Å². The van der Waals surface area contributed by atoms with Crippen LogP contribution in [0.2, 0.25) is 0 Å². The number of H-pyrrole nitrogens is 1. The van der Waals surface area contributed by atoms with Gasteiger partial charge in [-0.15, -0.1) is 0 Å². The van der Waals surface area contributed by atoms with Crippen molar-refractivity contribution in [3.05, 3.63) is 53.9 Å². The number of carbonyl (C=O) groups excluding carboxylic acids is 1. The second-order valence-electron chi connectivity index (χ2n) is 4.55. The number of ether oxygens (including phenoxy) is 1. The molecule has 0 aliphatic rings. The smallest absolute Gasteiger partial charge is 0.252 e. The maximum absolute atomic E-state index is 11.4. The van der Waals surface area contributed by atoms with E-state index in [1.54, 1.807) is 18.3 Å². The molecule has 0 aliphatic heterocycles. The highest BCUT2D eigenvalue weighted by Gasteiger charge is 2.11. The van der Waals surface area contributed by atoms with Crippen molar-refractivity contribution in [2.75, 3.05) is 0 Å². The van der Waals surface area contributed by atoms with Gasteiger partial charge in [0.05, 0.1) is 11.8 Å². The highest BCUT2D eigenvalue weighted by atomic mass is 16.5. The average Bonchev–Trinajstić information content (AvgIpc) is 2.85. The van der Waals surface area contributed by atoms with Gasteiger partial charge in [-0.05, 0) is 36.8 Å². The number of fused-ring (bicyclic) bond motifs is 1. The molecule has 2 aromatic heterocycles. The first kappa shape index (κ1) is 12.2. The van der Waals surface area contributed by atoms with E-state index in [0.717, 1.165) is 16.6 Å². The molecule has 0 atom stereocenters. The number of amides is 1. The predicted octanol–water partition coefficient (Wildman–Crippen LogP) is 2.76. The topological polar surface area (TPSA) is 81.0 Å². The number of nitrogens with two attached hydrogens (primary N) is 1. The molecule has 1 amide bonds. The molecule has 0 fully saturated rings. The molecule has 3 N–H and O–H groups in total. The number of pyridine rings is 1. The lowest BCUT2D eigenvalue weighted by Crippen LogP contribution is -2.12. The number of rotatable bonds is 3. The lowest BCUT2D eigenvalue weighted by molar-refractivity contribution is 0.0998. The monoisotopic (exact) mass is 267 g/mol. The van der Waals surface area contributed by atoms with Crippen LogP contribution >= 0.6 is 0 Å². The lowest BCUT2D eigenvalue weighted by Gasteiger charge is -2.10. The maximum atomic E-state index is 11.4. The van der Waals surface area contributed by atoms with Crippen LogP contribution in [-0.2, 0) is 0 Å². The Morgan fingerprint density at radius 2 is 2.15 bits per heavy atom. The van der Waals surface area contributed by atoms with Gasteiger partial charge in [-0.25, -0.2) is 4.98 Å². The minimum absolute atomic E-state index is 0.352. The summed E-state index contributed by atoms with van der Waals surface area (Å²) in [5.41, 5.74) is 7.48. The van der Waals surface area contributed by atoms with E-state index in [1.165, 1.54) is 0 Å². The molecule has 0 saturated heterocycles. The first-order chi connectivity index (χ1) is 9.63. The summed E-state index contributed by atoms with van der Waals surface area (Å²) < 4.78 is 5.75. The minimum atomic E-state index is -0.518. The van der Waals surface area contributed by atoms with Crippen molar-refractivity contribution in [2.45, 2.75) is 6.92 Å². The van der Waals surface area contributed by atoms with E-state index in [4.69, 9.17) is 10.5 Å². The van der Waals surface area contributed by atoms with E-state index in [0.29, 0.717) is 17.1 Å². The van der Waals surface area contributed by atoms with Gasteiger partial charge in [-0.2, -0.15) is 0 Å². The van der Waals surface area contributed by atoms with Gasteiger partial charge in [0.25, 0.3) is 5.91 Å². The van der Waals surface area contributed by atoms with E-state index in [9.17, 15) is 4.79 Å². The summed E-state index contributed by atoms with van der Waals surface area (Å²) >= 11 is 0. The van der Waals surface area contributed by atoms with Crippen LogP contribution in [0.3, 0.4) is 0 Å². The molecule has 0 spiro atoms. The molecule has 100 valence electrons. The highest BCUT2D eigenvalue weighted by molar-refractivity contribution is 5.95. The Labute approximate surface area is 115 Å². The van der Waals surface area contributed by atoms with Crippen LogP contribution in [0.15, 0.2) is 42.7 Å². The summed E-state index contributed by atoms with van der Waals surface area (Å²) in [7, 11) is 0. The Morgan fingerprint density at radius 3 is 2.95 bits per heavy atom. The van der Waals surface area contributed by atoms with Crippen molar-refractivity contribution in [1.82, 2.24) is 9.97 Å². The largest absolute Gasteiger partial charge is 0.455 e. The van der Waals surface area contributed by atoms with Gasteiger partial charge in [0.2, 0.25) is 0 Å².